The summed E-state index contributed by atoms with van der Waals surface area (Å²) in [4.78, 5) is 0. The van der Waals surface area contributed by atoms with Crippen molar-refractivity contribution in [1.29, 1.82) is 0 Å². The number of thiophene rings is 1. The zero-order valence-corrected chi connectivity index (χ0v) is 16.4. The number of hydrogen-bond donors (Lipinski definition) is 0. The average molecular weight is 364 g/mol. The second-order valence-electron chi connectivity index (χ2n) is 6.37. The van der Waals surface area contributed by atoms with Crippen molar-refractivity contribution in [3.05, 3.63) is 52.2 Å². The van der Waals surface area contributed by atoms with Gasteiger partial charge in [-0.2, -0.15) is 11.3 Å². The zero-order valence-electron chi connectivity index (χ0n) is 14.7. The van der Waals surface area contributed by atoms with Crippen molar-refractivity contribution in [2.24, 2.45) is 4.40 Å². The summed E-state index contributed by atoms with van der Waals surface area (Å²) >= 11 is 3.29. The first kappa shape index (κ1) is 19.0. The molecule has 5 heteroatoms. The van der Waals surface area contributed by atoms with Crippen LogP contribution in [0.25, 0.3) is 0 Å². The Bertz CT molecular complexity index is 628. The zero-order chi connectivity index (χ0) is 17.4. The molecule has 2 rings (SSSR count). The molecule has 1 aromatic heterocycles. The van der Waals surface area contributed by atoms with E-state index in [1.54, 1.807) is 30.4 Å². The molecule has 3 nitrogen and oxygen atoms in total. The molecule has 0 bridgehead atoms. The van der Waals surface area contributed by atoms with Crippen LogP contribution in [0.3, 0.4) is 0 Å². The molecule has 0 aliphatic carbocycles. The predicted molar refractivity (Wildman–Crippen MR) is 106 cm³/mol. The quantitative estimate of drug-likeness (QED) is 0.355. The average Bonchev–Trinajstić information content (AvgIpc) is 3.06. The Morgan fingerprint density at radius 2 is 1.83 bits per heavy atom. The van der Waals surface area contributed by atoms with E-state index < -0.39 is 0 Å². The maximum absolute atomic E-state index is 5.72. The summed E-state index contributed by atoms with van der Waals surface area (Å²) in [7, 11) is 1.70. The molecule has 0 atom stereocenters. The van der Waals surface area contributed by atoms with Crippen LogP contribution in [-0.2, 0) is 4.74 Å². The number of benzene rings is 1. The van der Waals surface area contributed by atoms with Gasteiger partial charge < -0.3 is 9.47 Å². The van der Waals surface area contributed by atoms with Crippen molar-refractivity contribution in [2.45, 2.75) is 31.9 Å². The van der Waals surface area contributed by atoms with Gasteiger partial charge >= 0.3 is 0 Å². The van der Waals surface area contributed by atoms with Crippen LogP contribution in [0.4, 0.5) is 0 Å². The van der Waals surface area contributed by atoms with Crippen LogP contribution in [0.1, 0.15) is 38.3 Å². The lowest BCUT2D eigenvalue weighted by atomic mass is 10.1. The van der Waals surface area contributed by atoms with Crippen LogP contribution in [0.15, 0.2) is 45.5 Å². The Morgan fingerprint density at radius 1 is 1.08 bits per heavy atom. The summed E-state index contributed by atoms with van der Waals surface area (Å²) in [6, 6.07) is 10.3. The van der Waals surface area contributed by atoms with Gasteiger partial charge in [0.1, 0.15) is 5.75 Å². The second-order valence-corrected chi connectivity index (χ2v) is 8.74. The Labute approximate surface area is 153 Å². The molecule has 0 unspecified atom stereocenters. The first-order chi connectivity index (χ1) is 11.5. The van der Waals surface area contributed by atoms with Gasteiger partial charge in [0.05, 0.1) is 12.3 Å². The van der Waals surface area contributed by atoms with Gasteiger partial charge in [-0.1, -0.05) is 0 Å². The van der Waals surface area contributed by atoms with E-state index in [1.165, 1.54) is 0 Å². The third-order valence-electron chi connectivity index (χ3n) is 3.09. The molecule has 2 aromatic rings. The second kappa shape index (κ2) is 9.25. The Balaban J connectivity index is 2.12. The van der Waals surface area contributed by atoms with E-state index in [2.05, 4.69) is 49.7 Å². The van der Waals surface area contributed by atoms with Gasteiger partial charge in [0.2, 0.25) is 0 Å². The normalized spacial score (nSPS) is 12.4. The number of nitrogens with zero attached hydrogens (tertiary/aromatic N) is 1. The van der Waals surface area contributed by atoms with Crippen LogP contribution in [0.5, 0.6) is 5.75 Å². The molecule has 0 saturated carbocycles. The number of hydrogen-bond acceptors (Lipinski definition) is 5. The van der Waals surface area contributed by atoms with Gasteiger partial charge in [-0.05, 0) is 68.4 Å². The fourth-order valence-corrected chi connectivity index (χ4v) is 3.17. The summed E-state index contributed by atoms with van der Waals surface area (Å²) in [6.07, 6.45) is 0.891. The fraction of sp³-hybridized carbons (Fsp3) is 0.421. The van der Waals surface area contributed by atoms with E-state index in [4.69, 9.17) is 13.9 Å². The molecular weight excluding hydrogens is 338 g/mol. The van der Waals surface area contributed by atoms with Crippen LogP contribution in [0, 0.1) is 0 Å². The van der Waals surface area contributed by atoms with E-state index in [0.717, 1.165) is 35.6 Å². The first-order valence-electron chi connectivity index (χ1n) is 8.00. The molecule has 1 heterocycles. The molecule has 1 aromatic carbocycles. The minimum absolute atomic E-state index is 0.0890. The molecule has 0 fully saturated rings. The molecule has 130 valence electrons. The largest absolute Gasteiger partial charge is 0.494 e. The molecule has 0 spiro atoms. The van der Waals surface area contributed by atoms with Crippen LogP contribution >= 0.6 is 23.3 Å². The van der Waals surface area contributed by atoms with Gasteiger partial charge in [0, 0.05) is 41.4 Å². The highest BCUT2D eigenvalue weighted by Gasteiger charge is 2.14. The highest BCUT2D eigenvalue weighted by Crippen LogP contribution is 2.27. The topological polar surface area (TPSA) is 30.8 Å². The molecule has 0 aliphatic heterocycles. The smallest absolute Gasteiger partial charge is 0.119 e. The van der Waals surface area contributed by atoms with Crippen LogP contribution in [0.2, 0.25) is 0 Å². The maximum Gasteiger partial charge on any atom is 0.119 e. The van der Waals surface area contributed by atoms with Gasteiger partial charge in [-0.25, -0.2) is 4.40 Å². The summed E-state index contributed by atoms with van der Waals surface area (Å²) in [5, 5.41) is 4.22. The summed E-state index contributed by atoms with van der Waals surface area (Å²) < 4.78 is 15.6. The summed E-state index contributed by atoms with van der Waals surface area (Å²) in [5.41, 5.74) is 3.28. The van der Waals surface area contributed by atoms with E-state index in [0.29, 0.717) is 6.61 Å². The van der Waals surface area contributed by atoms with Crippen molar-refractivity contribution in [2.75, 3.05) is 20.3 Å². The van der Waals surface area contributed by atoms with E-state index in [1.807, 2.05) is 12.1 Å². The maximum atomic E-state index is 5.72. The standard InChI is InChI=1S/C19H25NO2S2/c1-19(2,3)24-20-18(16-10-13-23-14-16)15-6-8-17(9-7-15)22-12-5-11-21-4/h6-10,13-14H,5,11-12H2,1-4H3/b20-18-. The molecule has 24 heavy (non-hydrogen) atoms. The van der Waals surface area contributed by atoms with Crippen molar-refractivity contribution in [3.8, 4) is 5.75 Å². The fourth-order valence-electron chi connectivity index (χ4n) is 1.96. The van der Waals surface area contributed by atoms with Gasteiger partial charge in [0.25, 0.3) is 0 Å². The molecule has 0 N–H and O–H groups in total. The summed E-state index contributed by atoms with van der Waals surface area (Å²) in [5.74, 6) is 0.878. The van der Waals surface area contributed by atoms with Crippen molar-refractivity contribution >= 4 is 29.0 Å². The van der Waals surface area contributed by atoms with E-state index in [9.17, 15) is 0 Å². The number of rotatable bonds is 8. The SMILES string of the molecule is COCCCOc1ccc(/C(=N/SC(C)(C)C)c2ccsc2)cc1. The monoisotopic (exact) mass is 363 g/mol. The predicted octanol–water partition coefficient (Wildman–Crippen LogP) is 5.45. The number of methoxy groups -OCH3 is 1. The Kier molecular flexibility index (Phi) is 7.34. The first-order valence-corrected chi connectivity index (χ1v) is 9.72. The molecular formula is C19H25NO2S2. The third kappa shape index (κ3) is 6.30. The summed E-state index contributed by atoms with van der Waals surface area (Å²) in [6.45, 7) is 7.89. The Hall–Kier alpha value is -1.30. The van der Waals surface area contributed by atoms with Crippen LogP contribution < -0.4 is 4.74 Å². The minimum Gasteiger partial charge on any atom is -0.494 e. The van der Waals surface area contributed by atoms with Crippen molar-refractivity contribution in [3.63, 3.8) is 0 Å². The van der Waals surface area contributed by atoms with Gasteiger partial charge in [-0.3, -0.25) is 0 Å². The number of ether oxygens (including phenoxy) is 2. The molecule has 0 radical (unpaired) electrons. The van der Waals surface area contributed by atoms with Crippen LogP contribution in [-0.4, -0.2) is 30.8 Å². The van der Waals surface area contributed by atoms with Crippen molar-refractivity contribution in [1.82, 2.24) is 0 Å². The Morgan fingerprint density at radius 3 is 2.42 bits per heavy atom. The van der Waals surface area contributed by atoms with Crippen molar-refractivity contribution < 1.29 is 9.47 Å². The van der Waals surface area contributed by atoms with Gasteiger partial charge in [-0.15, -0.1) is 0 Å². The van der Waals surface area contributed by atoms with Gasteiger partial charge in [0.15, 0.2) is 0 Å². The molecule has 0 saturated heterocycles. The molecule has 0 amide bonds. The third-order valence-corrected chi connectivity index (χ3v) is 4.60. The van der Waals surface area contributed by atoms with E-state index in [-0.39, 0.29) is 4.75 Å². The lowest BCUT2D eigenvalue weighted by Crippen LogP contribution is -2.08. The highest BCUT2D eigenvalue weighted by molar-refractivity contribution is 7.99. The lowest BCUT2D eigenvalue weighted by Gasteiger charge is -2.15. The highest BCUT2D eigenvalue weighted by atomic mass is 32.2. The van der Waals surface area contributed by atoms with E-state index >= 15 is 0 Å². The lowest BCUT2D eigenvalue weighted by molar-refractivity contribution is 0.172. The minimum atomic E-state index is 0.0890. The molecule has 0 aliphatic rings.